The third kappa shape index (κ3) is 22.5. The predicted molar refractivity (Wildman–Crippen MR) is 144 cm³/mol. The minimum atomic E-state index is -1.17. The van der Waals surface area contributed by atoms with E-state index in [1.807, 2.05) is 0 Å². The summed E-state index contributed by atoms with van der Waals surface area (Å²) in [6, 6.07) is -2.03. The Morgan fingerprint density at radius 1 is 0.553 bits per heavy atom. The number of rotatable bonds is 26. The Balaban J connectivity index is 3.75. The SMILES string of the molecule is N[C@@H](CCCCNC(=O)CC[C@H](NC(=O)CCCCCCCCCCCCCCC(=O)O)C(=O)O)C(=O)O. The van der Waals surface area contributed by atoms with Crippen molar-refractivity contribution in [1.29, 1.82) is 0 Å². The Kier molecular flexibility index (Phi) is 21.8. The van der Waals surface area contributed by atoms with E-state index >= 15 is 0 Å². The van der Waals surface area contributed by atoms with Crippen molar-refractivity contribution >= 4 is 29.7 Å². The zero-order chi connectivity index (χ0) is 28.6. The van der Waals surface area contributed by atoms with Crippen LogP contribution in [0.5, 0.6) is 0 Å². The largest absolute Gasteiger partial charge is 0.481 e. The number of carboxylic acids is 3. The summed E-state index contributed by atoms with van der Waals surface area (Å²) in [6.07, 6.45) is 14.4. The molecule has 0 aromatic rings. The molecule has 0 fully saturated rings. The first-order valence-corrected chi connectivity index (χ1v) is 14.1. The number of hydrogen-bond acceptors (Lipinski definition) is 6. The fraction of sp³-hybridized carbons (Fsp3) is 0.815. The maximum Gasteiger partial charge on any atom is 0.326 e. The average Bonchev–Trinajstić information content (AvgIpc) is 2.85. The Morgan fingerprint density at radius 2 is 1.05 bits per heavy atom. The highest BCUT2D eigenvalue weighted by molar-refractivity contribution is 5.84. The zero-order valence-corrected chi connectivity index (χ0v) is 22.8. The molecule has 0 heterocycles. The van der Waals surface area contributed by atoms with Gasteiger partial charge in [-0.25, -0.2) is 4.79 Å². The van der Waals surface area contributed by atoms with Crippen LogP contribution < -0.4 is 16.4 Å². The normalized spacial score (nSPS) is 12.4. The fourth-order valence-electron chi connectivity index (χ4n) is 4.06. The molecule has 11 heteroatoms. The Morgan fingerprint density at radius 3 is 1.53 bits per heavy atom. The van der Waals surface area contributed by atoms with Gasteiger partial charge >= 0.3 is 17.9 Å². The van der Waals surface area contributed by atoms with Gasteiger partial charge in [-0.3, -0.25) is 19.2 Å². The van der Waals surface area contributed by atoms with E-state index in [4.69, 9.17) is 15.9 Å². The molecule has 0 aromatic carbocycles. The molecule has 0 aliphatic carbocycles. The smallest absolute Gasteiger partial charge is 0.326 e. The van der Waals surface area contributed by atoms with Gasteiger partial charge in [0.2, 0.25) is 11.8 Å². The van der Waals surface area contributed by atoms with Crippen LogP contribution in [0.4, 0.5) is 0 Å². The van der Waals surface area contributed by atoms with E-state index in [-0.39, 0.29) is 37.5 Å². The van der Waals surface area contributed by atoms with Gasteiger partial charge in [-0.2, -0.15) is 0 Å². The molecular weight excluding hydrogens is 494 g/mol. The van der Waals surface area contributed by atoms with Crippen molar-refractivity contribution in [3.8, 4) is 0 Å². The summed E-state index contributed by atoms with van der Waals surface area (Å²) in [7, 11) is 0. The van der Waals surface area contributed by atoms with E-state index in [0.717, 1.165) is 51.4 Å². The Labute approximate surface area is 226 Å². The van der Waals surface area contributed by atoms with Crippen LogP contribution in [0, 0.1) is 0 Å². The first-order valence-electron chi connectivity index (χ1n) is 14.1. The summed E-state index contributed by atoms with van der Waals surface area (Å²) in [5.74, 6) is -3.59. The quantitative estimate of drug-likeness (QED) is 0.0883. The van der Waals surface area contributed by atoms with Gasteiger partial charge in [-0.15, -0.1) is 0 Å². The molecule has 0 aliphatic heterocycles. The number of carboxylic acid groups (broad SMARTS) is 3. The molecule has 220 valence electrons. The number of unbranched alkanes of at least 4 members (excludes halogenated alkanes) is 12. The summed E-state index contributed by atoms with van der Waals surface area (Å²) >= 11 is 0. The van der Waals surface area contributed by atoms with Crippen LogP contribution in [0.3, 0.4) is 0 Å². The number of carbonyl (C=O) groups excluding carboxylic acids is 2. The second-order valence-corrected chi connectivity index (χ2v) is 9.92. The molecule has 7 N–H and O–H groups in total. The lowest BCUT2D eigenvalue weighted by Gasteiger charge is -2.14. The second kappa shape index (κ2) is 23.4. The Hall–Kier alpha value is -2.69. The molecule has 38 heavy (non-hydrogen) atoms. The molecule has 0 radical (unpaired) electrons. The number of aliphatic carboxylic acids is 3. The Bertz CT molecular complexity index is 702. The van der Waals surface area contributed by atoms with Gasteiger partial charge in [0.1, 0.15) is 12.1 Å². The molecular formula is C27H49N3O8. The molecule has 0 rings (SSSR count). The number of nitrogens with two attached hydrogens (primary N) is 1. The third-order valence-electron chi connectivity index (χ3n) is 6.42. The molecule has 2 amide bonds. The molecule has 0 unspecified atom stereocenters. The van der Waals surface area contributed by atoms with Gasteiger partial charge < -0.3 is 31.7 Å². The van der Waals surface area contributed by atoms with Gasteiger partial charge in [0.15, 0.2) is 0 Å². The van der Waals surface area contributed by atoms with Crippen molar-refractivity contribution in [2.24, 2.45) is 5.73 Å². The molecule has 0 saturated carbocycles. The lowest BCUT2D eigenvalue weighted by molar-refractivity contribution is -0.142. The number of amides is 2. The highest BCUT2D eigenvalue weighted by Gasteiger charge is 2.20. The summed E-state index contributed by atoms with van der Waals surface area (Å²) in [6.45, 7) is 0.353. The van der Waals surface area contributed by atoms with Crippen LogP contribution in [-0.2, 0) is 24.0 Å². The standard InChI is InChI=1S/C27H49N3O8/c28-21(26(35)36)15-13-14-20-29-23(31)19-18-22(27(37)38)30-24(32)16-11-9-7-5-3-1-2-4-6-8-10-12-17-25(33)34/h21-22H,1-20,28H2,(H,29,31)(H,30,32)(H,33,34)(H,35,36)(H,37,38)/t21-,22-/m0/s1. The van der Waals surface area contributed by atoms with Gasteiger partial charge in [0.25, 0.3) is 0 Å². The van der Waals surface area contributed by atoms with Crippen LogP contribution in [-0.4, -0.2) is 63.7 Å². The first kappa shape index (κ1) is 35.3. The maximum atomic E-state index is 12.1. The minimum Gasteiger partial charge on any atom is -0.481 e. The van der Waals surface area contributed by atoms with E-state index in [9.17, 15) is 29.1 Å². The van der Waals surface area contributed by atoms with Crippen molar-refractivity contribution < 1.29 is 39.3 Å². The fourth-order valence-corrected chi connectivity index (χ4v) is 4.06. The van der Waals surface area contributed by atoms with E-state index in [1.54, 1.807) is 0 Å². The molecule has 0 aromatic heterocycles. The highest BCUT2D eigenvalue weighted by atomic mass is 16.4. The minimum absolute atomic E-state index is 0.000864. The van der Waals surface area contributed by atoms with E-state index in [2.05, 4.69) is 10.6 Å². The van der Waals surface area contributed by atoms with E-state index < -0.39 is 30.0 Å². The van der Waals surface area contributed by atoms with Crippen molar-refractivity contribution in [3.05, 3.63) is 0 Å². The highest BCUT2D eigenvalue weighted by Crippen LogP contribution is 2.13. The maximum absolute atomic E-state index is 12.1. The molecule has 0 saturated heterocycles. The van der Waals surface area contributed by atoms with Gasteiger partial charge in [-0.1, -0.05) is 64.2 Å². The summed E-state index contributed by atoms with van der Waals surface area (Å²) in [5, 5.41) is 31.8. The summed E-state index contributed by atoms with van der Waals surface area (Å²) in [5.41, 5.74) is 5.41. The monoisotopic (exact) mass is 543 g/mol. The van der Waals surface area contributed by atoms with Crippen molar-refractivity contribution in [3.63, 3.8) is 0 Å². The number of carbonyl (C=O) groups is 5. The lowest BCUT2D eigenvalue weighted by Crippen LogP contribution is -2.41. The first-order chi connectivity index (χ1) is 18.1. The van der Waals surface area contributed by atoms with Gasteiger partial charge in [-0.05, 0) is 38.5 Å². The van der Waals surface area contributed by atoms with E-state index in [0.29, 0.717) is 32.2 Å². The van der Waals surface area contributed by atoms with Crippen LogP contribution in [0.1, 0.15) is 122 Å². The van der Waals surface area contributed by atoms with Gasteiger partial charge in [0, 0.05) is 25.8 Å². The number of hydrogen-bond donors (Lipinski definition) is 6. The molecule has 0 spiro atoms. The zero-order valence-electron chi connectivity index (χ0n) is 22.8. The second-order valence-electron chi connectivity index (χ2n) is 9.92. The topological polar surface area (TPSA) is 196 Å². The average molecular weight is 544 g/mol. The van der Waals surface area contributed by atoms with Crippen molar-refractivity contribution in [2.45, 2.75) is 134 Å². The van der Waals surface area contributed by atoms with Crippen molar-refractivity contribution in [2.75, 3.05) is 6.54 Å². The number of nitrogens with one attached hydrogen (secondary N) is 2. The van der Waals surface area contributed by atoms with Crippen LogP contribution in [0.15, 0.2) is 0 Å². The molecule has 0 aliphatic rings. The van der Waals surface area contributed by atoms with Crippen LogP contribution >= 0.6 is 0 Å². The summed E-state index contributed by atoms with van der Waals surface area (Å²) < 4.78 is 0. The van der Waals surface area contributed by atoms with Crippen molar-refractivity contribution in [1.82, 2.24) is 10.6 Å². The lowest BCUT2D eigenvalue weighted by atomic mass is 10.0. The van der Waals surface area contributed by atoms with Crippen LogP contribution in [0.25, 0.3) is 0 Å². The molecule has 2 atom stereocenters. The predicted octanol–water partition coefficient (Wildman–Crippen LogP) is 3.58. The summed E-state index contributed by atoms with van der Waals surface area (Å²) in [4.78, 5) is 56.6. The van der Waals surface area contributed by atoms with Gasteiger partial charge in [0.05, 0.1) is 0 Å². The molecule has 0 bridgehead atoms. The molecule has 11 nitrogen and oxygen atoms in total. The van der Waals surface area contributed by atoms with Crippen LogP contribution in [0.2, 0.25) is 0 Å². The third-order valence-corrected chi connectivity index (χ3v) is 6.42. The van der Waals surface area contributed by atoms with E-state index in [1.165, 1.54) is 19.3 Å².